The molecule has 0 amide bonds. The van der Waals surface area contributed by atoms with Crippen LogP contribution in [0, 0.1) is 24.7 Å². The topological polar surface area (TPSA) is 33.4 Å². The average Bonchev–Trinajstić information content (AvgIpc) is 2.52. The Morgan fingerprint density at radius 2 is 2.25 bits per heavy atom. The quantitative estimate of drug-likeness (QED) is 0.658. The van der Waals surface area contributed by atoms with Gasteiger partial charge in [0.1, 0.15) is 11.5 Å². The van der Waals surface area contributed by atoms with E-state index < -0.39 is 6.10 Å². The van der Waals surface area contributed by atoms with Crippen LogP contribution in [0.15, 0.2) is 16.5 Å². The van der Waals surface area contributed by atoms with Gasteiger partial charge in [-0.05, 0) is 12.1 Å². The lowest BCUT2D eigenvalue weighted by molar-refractivity contribution is 0.204. The zero-order chi connectivity index (χ0) is 8.97. The Balaban J connectivity index is 2.80. The molecule has 1 N–H and O–H groups in total. The van der Waals surface area contributed by atoms with Crippen molar-refractivity contribution in [2.75, 3.05) is 0 Å². The van der Waals surface area contributed by atoms with Crippen molar-refractivity contribution in [3.63, 3.8) is 0 Å². The van der Waals surface area contributed by atoms with Crippen molar-refractivity contribution in [3.8, 4) is 24.7 Å². The highest BCUT2D eigenvalue weighted by Gasteiger charge is 2.07. The van der Waals surface area contributed by atoms with Crippen LogP contribution in [0.2, 0.25) is 0 Å². The first-order valence-corrected chi connectivity index (χ1v) is 3.44. The molecule has 0 aromatic carbocycles. The first-order valence-electron chi connectivity index (χ1n) is 3.44. The second kappa shape index (κ2) is 3.67. The molecule has 1 aromatic heterocycles. The van der Waals surface area contributed by atoms with E-state index in [4.69, 9.17) is 22.4 Å². The molecule has 0 fully saturated rings. The van der Waals surface area contributed by atoms with E-state index in [1.807, 2.05) is 0 Å². The van der Waals surface area contributed by atoms with Crippen LogP contribution in [0.25, 0.3) is 0 Å². The number of aliphatic hydroxyl groups is 1. The van der Waals surface area contributed by atoms with Gasteiger partial charge in [-0.15, -0.1) is 12.8 Å². The van der Waals surface area contributed by atoms with E-state index in [9.17, 15) is 0 Å². The van der Waals surface area contributed by atoms with Crippen molar-refractivity contribution in [2.24, 2.45) is 0 Å². The maximum atomic E-state index is 9.13. The van der Waals surface area contributed by atoms with Gasteiger partial charge in [-0.1, -0.05) is 11.8 Å². The van der Waals surface area contributed by atoms with E-state index in [2.05, 4.69) is 11.8 Å². The Kier molecular flexibility index (Phi) is 2.58. The molecule has 0 bridgehead atoms. The van der Waals surface area contributed by atoms with Crippen LogP contribution >= 0.6 is 0 Å². The van der Waals surface area contributed by atoms with E-state index in [1.54, 1.807) is 12.1 Å². The fraction of sp³-hybridized carbons (Fsp3) is 0.200. The summed E-state index contributed by atoms with van der Waals surface area (Å²) in [5.41, 5.74) is 0. The molecule has 1 atom stereocenters. The summed E-state index contributed by atoms with van der Waals surface area (Å²) in [4.78, 5) is 0. The van der Waals surface area contributed by atoms with Gasteiger partial charge in [-0.3, -0.25) is 0 Å². The van der Waals surface area contributed by atoms with Crippen molar-refractivity contribution < 1.29 is 9.52 Å². The van der Waals surface area contributed by atoms with Crippen molar-refractivity contribution in [2.45, 2.75) is 12.5 Å². The third-order valence-corrected chi connectivity index (χ3v) is 1.39. The molecule has 0 spiro atoms. The molecule has 0 aliphatic carbocycles. The van der Waals surface area contributed by atoms with Gasteiger partial charge in [-0.25, -0.2) is 0 Å². The zero-order valence-corrected chi connectivity index (χ0v) is 6.45. The maximum absolute atomic E-state index is 9.13. The second-order valence-electron chi connectivity index (χ2n) is 2.25. The molecule has 0 saturated heterocycles. The predicted molar refractivity (Wildman–Crippen MR) is 45.0 cm³/mol. The molecule has 0 aliphatic rings. The van der Waals surface area contributed by atoms with Crippen LogP contribution in [0.4, 0.5) is 0 Å². The van der Waals surface area contributed by atoms with Crippen molar-refractivity contribution >= 4 is 0 Å². The Hall–Kier alpha value is -1.64. The summed E-state index contributed by atoms with van der Waals surface area (Å²) in [6.07, 6.45) is 9.49. The van der Waals surface area contributed by atoms with Crippen LogP contribution < -0.4 is 0 Å². The van der Waals surface area contributed by atoms with Gasteiger partial charge in [0, 0.05) is 0 Å². The smallest absolute Gasteiger partial charge is 0.172 e. The third-order valence-electron chi connectivity index (χ3n) is 1.39. The van der Waals surface area contributed by atoms with E-state index in [-0.39, 0.29) is 0 Å². The molecule has 2 heteroatoms. The summed E-state index contributed by atoms with van der Waals surface area (Å²) in [7, 11) is 0. The van der Waals surface area contributed by atoms with Crippen LogP contribution in [-0.2, 0) is 6.42 Å². The Morgan fingerprint density at radius 1 is 1.50 bits per heavy atom. The fourth-order valence-corrected chi connectivity index (χ4v) is 0.819. The Morgan fingerprint density at radius 3 is 2.83 bits per heavy atom. The molecule has 1 rings (SSSR count). The van der Waals surface area contributed by atoms with Crippen LogP contribution in [0.1, 0.15) is 17.6 Å². The first-order chi connectivity index (χ1) is 5.77. The van der Waals surface area contributed by atoms with Crippen molar-refractivity contribution in [1.82, 2.24) is 0 Å². The average molecular weight is 160 g/mol. The second-order valence-corrected chi connectivity index (χ2v) is 2.25. The number of furan rings is 1. The highest BCUT2D eigenvalue weighted by Crippen LogP contribution is 2.15. The minimum atomic E-state index is -0.975. The lowest BCUT2D eigenvalue weighted by atomic mass is 10.3. The van der Waals surface area contributed by atoms with E-state index in [0.717, 1.165) is 0 Å². The molecule has 0 saturated carbocycles. The highest BCUT2D eigenvalue weighted by molar-refractivity contribution is 5.17. The SMILES string of the molecule is C#CCc1ccc(C(O)C#C)o1. The number of hydrogen-bond acceptors (Lipinski definition) is 2. The van der Waals surface area contributed by atoms with Gasteiger partial charge in [0.15, 0.2) is 6.10 Å². The molecule has 0 aliphatic heterocycles. The summed E-state index contributed by atoms with van der Waals surface area (Å²) in [6, 6.07) is 3.33. The first kappa shape index (κ1) is 8.46. The van der Waals surface area contributed by atoms with Crippen LogP contribution in [0.3, 0.4) is 0 Å². The van der Waals surface area contributed by atoms with Gasteiger partial charge in [0.2, 0.25) is 0 Å². The molecule has 0 radical (unpaired) electrons. The molecular weight excluding hydrogens is 152 g/mol. The lowest BCUT2D eigenvalue weighted by Gasteiger charge is -1.96. The molecular formula is C10H8O2. The molecule has 12 heavy (non-hydrogen) atoms. The normalized spacial score (nSPS) is 11.6. The minimum absolute atomic E-state index is 0.364. The van der Waals surface area contributed by atoms with Gasteiger partial charge in [0.05, 0.1) is 6.42 Å². The molecule has 60 valence electrons. The predicted octanol–water partition coefficient (Wildman–Crippen LogP) is 1.12. The van der Waals surface area contributed by atoms with E-state index >= 15 is 0 Å². The fourth-order valence-electron chi connectivity index (χ4n) is 0.819. The Labute approximate surface area is 71.2 Å². The molecule has 1 unspecified atom stereocenters. The van der Waals surface area contributed by atoms with Gasteiger partial charge >= 0.3 is 0 Å². The molecule has 2 nitrogen and oxygen atoms in total. The van der Waals surface area contributed by atoms with Gasteiger partial charge in [0.25, 0.3) is 0 Å². The summed E-state index contributed by atoms with van der Waals surface area (Å²) >= 11 is 0. The molecule has 1 heterocycles. The van der Waals surface area contributed by atoms with Gasteiger partial charge < -0.3 is 9.52 Å². The third kappa shape index (κ3) is 1.69. The summed E-state index contributed by atoms with van der Waals surface area (Å²) in [6.45, 7) is 0. The Bertz CT molecular complexity index is 335. The number of aliphatic hydroxyl groups excluding tert-OH is 1. The maximum Gasteiger partial charge on any atom is 0.172 e. The summed E-state index contributed by atoms with van der Waals surface area (Å²) in [5.74, 6) is 5.58. The van der Waals surface area contributed by atoms with E-state index in [1.165, 1.54) is 0 Å². The van der Waals surface area contributed by atoms with Crippen LogP contribution in [-0.4, -0.2) is 5.11 Å². The standard InChI is InChI=1S/C10H8O2/c1-3-5-8-6-7-10(12-8)9(11)4-2/h1-2,6-7,9,11H,5H2. The number of terminal acetylenes is 2. The number of rotatable bonds is 2. The van der Waals surface area contributed by atoms with Crippen molar-refractivity contribution in [1.29, 1.82) is 0 Å². The zero-order valence-electron chi connectivity index (χ0n) is 6.45. The van der Waals surface area contributed by atoms with Gasteiger partial charge in [-0.2, -0.15) is 0 Å². The lowest BCUT2D eigenvalue weighted by Crippen LogP contribution is -1.89. The van der Waals surface area contributed by atoms with Crippen molar-refractivity contribution in [3.05, 3.63) is 23.7 Å². The largest absolute Gasteiger partial charge is 0.461 e. The minimum Gasteiger partial charge on any atom is -0.461 e. The molecule has 1 aromatic rings. The van der Waals surface area contributed by atoms with E-state index in [0.29, 0.717) is 17.9 Å². The monoisotopic (exact) mass is 160 g/mol. The van der Waals surface area contributed by atoms with Crippen LogP contribution in [0.5, 0.6) is 0 Å². The summed E-state index contributed by atoms with van der Waals surface area (Å²) < 4.78 is 5.14. The summed E-state index contributed by atoms with van der Waals surface area (Å²) in [5, 5.41) is 9.13. The highest BCUT2D eigenvalue weighted by atomic mass is 16.4. The number of hydrogen-bond donors (Lipinski definition) is 1.